The standard InChI is InChI=1S/C20H37N3O4/c1-4-16(5-2)27-18-13-15(12-17(22)19(18)23-14(3)24)20(25)26-11-9-7-6-8-10-21/h13,16-19H,4-12,21-22H2,1-3H3,(H,23,24)/t17-,18?,19?/m0/s1. The quantitative estimate of drug-likeness (QED) is 0.349. The summed E-state index contributed by atoms with van der Waals surface area (Å²) in [6.07, 6.45) is 7.32. The number of nitrogens with one attached hydrogen (secondary N) is 1. The van der Waals surface area contributed by atoms with Crippen molar-refractivity contribution < 1.29 is 19.1 Å². The molecule has 0 bridgehead atoms. The average Bonchev–Trinajstić information content (AvgIpc) is 2.64. The topological polar surface area (TPSA) is 117 Å². The van der Waals surface area contributed by atoms with Crippen molar-refractivity contribution in [2.45, 2.75) is 90.0 Å². The number of esters is 1. The van der Waals surface area contributed by atoms with E-state index in [1.165, 1.54) is 6.92 Å². The Hall–Kier alpha value is -1.44. The van der Waals surface area contributed by atoms with E-state index in [1.54, 1.807) is 6.08 Å². The molecular weight excluding hydrogens is 346 g/mol. The van der Waals surface area contributed by atoms with Gasteiger partial charge in [0, 0.05) is 18.5 Å². The molecule has 0 saturated carbocycles. The van der Waals surface area contributed by atoms with Gasteiger partial charge in [0.1, 0.15) is 0 Å². The monoisotopic (exact) mass is 383 g/mol. The van der Waals surface area contributed by atoms with E-state index in [0.29, 0.717) is 25.1 Å². The number of unbranched alkanes of at least 4 members (excludes halogenated alkanes) is 3. The first-order valence-electron chi connectivity index (χ1n) is 10.2. The van der Waals surface area contributed by atoms with Gasteiger partial charge in [-0.2, -0.15) is 0 Å². The highest BCUT2D eigenvalue weighted by molar-refractivity contribution is 5.89. The number of rotatable bonds is 12. The second-order valence-electron chi connectivity index (χ2n) is 7.16. The van der Waals surface area contributed by atoms with E-state index >= 15 is 0 Å². The normalized spacial score (nSPS) is 22.4. The largest absolute Gasteiger partial charge is 0.462 e. The van der Waals surface area contributed by atoms with Crippen molar-refractivity contribution in [1.29, 1.82) is 0 Å². The van der Waals surface area contributed by atoms with Crippen molar-refractivity contribution in [3.05, 3.63) is 11.6 Å². The van der Waals surface area contributed by atoms with E-state index in [9.17, 15) is 9.59 Å². The van der Waals surface area contributed by atoms with Crippen LogP contribution in [0.25, 0.3) is 0 Å². The minimum atomic E-state index is -0.436. The Kier molecular flexibility index (Phi) is 11.2. The molecular formula is C20H37N3O4. The molecule has 5 N–H and O–H groups in total. The number of nitrogens with two attached hydrogens (primary N) is 2. The Labute approximate surface area is 163 Å². The zero-order valence-corrected chi connectivity index (χ0v) is 17.0. The summed E-state index contributed by atoms with van der Waals surface area (Å²) in [5.41, 5.74) is 12.3. The second kappa shape index (κ2) is 12.9. The Bertz CT molecular complexity index is 492. The van der Waals surface area contributed by atoms with Gasteiger partial charge in [0.15, 0.2) is 0 Å². The fraction of sp³-hybridized carbons (Fsp3) is 0.800. The van der Waals surface area contributed by atoms with Gasteiger partial charge in [-0.25, -0.2) is 4.79 Å². The van der Waals surface area contributed by atoms with Crippen LogP contribution in [0.3, 0.4) is 0 Å². The van der Waals surface area contributed by atoms with Crippen molar-refractivity contribution in [2.24, 2.45) is 11.5 Å². The number of hydrogen-bond acceptors (Lipinski definition) is 6. The fourth-order valence-electron chi connectivity index (χ4n) is 3.25. The minimum absolute atomic E-state index is 0.0487. The summed E-state index contributed by atoms with van der Waals surface area (Å²) in [6, 6.07) is -0.749. The van der Waals surface area contributed by atoms with Crippen LogP contribution in [0.2, 0.25) is 0 Å². The maximum Gasteiger partial charge on any atom is 0.333 e. The maximum absolute atomic E-state index is 12.4. The van der Waals surface area contributed by atoms with E-state index in [2.05, 4.69) is 5.32 Å². The lowest BCUT2D eigenvalue weighted by molar-refractivity contribution is -0.139. The van der Waals surface area contributed by atoms with Crippen LogP contribution in [0.1, 0.15) is 65.7 Å². The average molecular weight is 384 g/mol. The van der Waals surface area contributed by atoms with Gasteiger partial charge in [0.25, 0.3) is 0 Å². The van der Waals surface area contributed by atoms with Crippen molar-refractivity contribution in [3.8, 4) is 0 Å². The Balaban J connectivity index is 2.72. The van der Waals surface area contributed by atoms with Crippen molar-refractivity contribution in [2.75, 3.05) is 13.2 Å². The van der Waals surface area contributed by atoms with Crippen molar-refractivity contribution >= 4 is 11.9 Å². The molecule has 1 amide bonds. The molecule has 3 atom stereocenters. The smallest absolute Gasteiger partial charge is 0.333 e. The van der Waals surface area contributed by atoms with Gasteiger partial charge in [0.05, 0.1) is 24.9 Å². The molecule has 7 heteroatoms. The van der Waals surface area contributed by atoms with Gasteiger partial charge in [-0.1, -0.05) is 26.7 Å². The molecule has 0 aromatic rings. The highest BCUT2D eigenvalue weighted by Crippen LogP contribution is 2.24. The number of carbonyl (C=O) groups excluding carboxylic acids is 2. The molecule has 27 heavy (non-hydrogen) atoms. The lowest BCUT2D eigenvalue weighted by Gasteiger charge is -2.36. The van der Waals surface area contributed by atoms with E-state index < -0.39 is 12.1 Å². The van der Waals surface area contributed by atoms with Crippen molar-refractivity contribution in [3.63, 3.8) is 0 Å². The molecule has 0 heterocycles. The molecule has 1 aliphatic carbocycles. The zero-order chi connectivity index (χ0) is 20.2. The summed E-state index contributed by atoms with van der Waals surface area (Å²) in [5, 5.41) is 2.87. The molecule has 0 spiro atoms. The van der Waals surface area contributed by atoms with Gasteiger partial charge >= 0.3 is 5.97 Å². The molecule has 0 aromatic carbocycles. The summed E-state index contributed by atoms with van der Waals surface area (Å²) in [7, 11) is 0. The summed E-state index contributed by atoms with van der Waals surface area (Å²) in [5.74, 6) is -0.505. The van der Waals surface area contributed by atoms with Crippen LogP contribution in [-0.2, 0) is 19.1 Å². The fourth-order valence-corrected chi connectivity index (χ4v) is 3.25. The van der Waals surface area contributed by atoms with Crippen LogP contribution < -0.4 is 16.8 Å². The molecule has 0 radical (unpaired) electrons. The van der Waals surface area contributed by atoms with Crippen LogP contribution in [0, 0.1) is 0 Å². The molecule has 0 fully saturated rings. The molecule has 156 valence electrons. The molecule has 7 nitrogen and oxygen atoms in total. The van der Waals surface area contributed by atoms with E-state index in [0.717, 1.165) is 38.5 Å². The third kappa shape index (κ3) is 8.41. The third-order valence-electron chi connectivity index (χ3n) is 4.86. The first-order chi connectivity index (χ1) is 12.9. The van der Waals surface area contributed by atoms with Gasteiger partial charge in [-0.05, 0) is 44.7 Å². The van der Waals surface area contributed by atoms with Crippen LogP contribution in [-0.4, -0.2) is 49.3 Å². The SMILES string of the molecule is CCC(CC)OC1C=C(C(=O)OCCCCCCN)C[C@H](N)C1NC(C)=O. The van der Waals surface area contributed by atoms with E-state index in [-0.39, 0.29) is 24.0 Å². The lowest BCUT2D eigenvalue weighted by Crippen LogP contribution is -2.57. The first kappa shape index (κ1) is 23.6. The van der Waals surface area contributed by atoms with Crippen LogP contribution in [0.15, 0.2) is 11.6 Å². The lowest BCUT2D eigenvalue weighted by atomic mass is 9.88. The zero-order valence-electron chi connectivity index (χ0n) is 17.0. The summed E-state index contributed by atoms with van der Waals surface area (Å²) in [4.78, 5) is 24.0. The van der Waals surface area contributed by atoms with Crippen LogP contribution in [0.5, 0.6) is 0 Å². The van der Waals surface area contributed by atoms with Crippen LogP contribution >= 0.6 is 0 Å². The summed E-state index contributed by atoms with van der Waals surface area (Å²) < 4.78 is 11.5. The highest BCUT2D eigenvalue weighted by atomic mass is 16.5. The van der Waals surface area contributed by atoms with Gasteiger partial charge < -0.3 is 26.3 Å². The molecule has 0 aromatic heterocycles. The first-order valence-corrected chi connectivity index (χ1v) is 10.2. The molecule has 2 unspecified atom stereocenters. The molecule has 1 rings (SSSR count). The summed E-state index contributed by atoms with van der Waals surface area (Å²) >= 11 is 0. The maximum atomic E-state index is 12.4. The minimum Gasteiger partial charge on any atom is -0.462 e. The predicted molar refractivity (Wildman–Crippen MR) is 106 cm³/mol. The van der Waals surface area contributed by atoms with Crippen molar-refractivity contribution in [1.82, 2.24) is 5.32 Å². The summed E-state index contributed by atoms with van der Waals surface area (Å²) in [6.45, 7) is 6.64. The molecule has 0 aliphatic heterocycles. The highest BCUT2D eigenvalue weighted by Gasteiger charge is 2.35. The Morgan fingerprint density at radius 1 is 1.22 bits per heavy atom. The third-order valence-corrected chi connectivity index (χ3v) is 4.86. The predicted octanol–water partition coefficient (Wildman–Crippen LogP) is 1.78. The Morgan fingerprint density at radius 3 is 2.48 bits per heavy atom. The Morgan fingerprint density at radius 2 is 1.89 bits per heavy atom. The number of amides is 1. The van der Waals surface area contributed by atoms with Gasteiger partial charge in [-0.15, -0.1) is 0 Å². The molecule has 1 aliphatic rings. The number of hydrogen-bond donors (Lipinski definition) is 3. The molecule has 0 saturated heterocycles. The van der Waals surface area contributed by atoms with E-state index in [4.69, 9.17) is 20.9 Å². The number of ether oxygens (including phenoxy) is 2. The van der Waals surface area contributed by atoms with Gasteiger partial charge in [0.2, 0.25) is 5.91 Å². The second-order valence-corrected chi connectivity index (χ2v) is 7.16. The number of carbonyl (C=O) groups is 2. The van der Waals surface area contributed by atoms with Gasteiger partial charge in [-0.3, -0.25) is 4.79 Å². The van der Waals surface area contributed by atoms with E-state index in [1.807, 2.05) is 13.8 Å². The van der Waals surface area contributed by atoms with Crippen LogP contribution in [0.4, 0.5) is 0 Å².